The molecule has 0 amide bonds. The van der Waals surface area contributed by atoms with Gasteiger partial charge in [0.2, 0.25) is 0 Å². The third kappa shape index (κ3) is 5.34. The normalized spacial score (nSPS) is 15.0. The molecular formula is C28H27N3O4. The Labute approximate surface area is 204 Å². The molecule has 3 aromatic carbocycles. The number of rotatable bonds is 8. The number of aliphatic carboxylic acids is 1. The number of hydrogen-bond acceptors (Lipinski definition) is 6. The number of hydrazone groups is 1. The number of anilines is 1. The van der Waals surface area contributed by atoms with Crippen LogP contribution >= 0.6 is 0 Å². The van der Waals surface area contributed by atoms with Crippen molar-refractivity contribution in [3.8, 4) is 22.9 Å². The van der Waals surface area contributed by atoms with E-state index in [-0.39, 0.29) is 19.1 Å². The molecule has 3 aromatic rings. The van der Waals surface area contributed by atoms with Crippen molar-refractivity contribution < 1.29 is 19.7 Å². The highest BCUT2D eigenvalue weighted by atomic mass is 16.5. The molecule has 0 saturated heterocycles. The van der Waals surface area contributed by atoms with Gasteiger partial charge >= 0.3 is 5.97 Å². The SMILES string of the molecule is COc1ccc(CO)cc1-c1ccc(Cc2ccc(N3N=C(C#N)CC3CC(=O)O)cc2)c(C)c1. The molecule has 1 aliphatic heterocycles. The van der Waals surface area contributed by atoms with Crippen LogP contribution in [0.3, 0.4) is 0 Å². The van der Waals surface area contributed by atoms with Crippen LogP contribution in [0.25, 0.3) is 11.1 Å². The van der Waals surface area contributed by atoms with E-state index >= 15 is 0 Å². The predicted molar refractivity (Wildman–Crippen MR) is 135 cm³/mol. The first-order valence-electron chi connectivity index (χ1n) is 11.4. The molecule has 178 valence electrons. The number of benzene rings is 3. The fourth-order valence-corrected chi connectivity index (χ4v) is 4.39. The van der Waals surface area contributed by atoms with Crippen molar-refractivity contribution in [1.82, 2.24) is 0 Å². The van der Waals surface area contributed by atoms with Crippen molar-refractivity contribution in [3.05, 3.63) is 82.9 Å². The summed E-state index contributed by atoms with van der Waals surface area (Å²) in [7, 11) is 1.64. The van der Waals surface area contributed by atoms with Crippen molar-refractivity contribution in [1.29, 1.82) is 5.26 Å². The van der Waals surface area contributed by atoms with E-state index in [0.717, 1.165) is 45.7 Å². The van der Waals surface area contributed by atoms with Crippen molar-refractivity contribution in [2.24, 2.45) is 5.10 Å². The molecule has 0 aromatic heterocycles. The van der Waals surface area contributed by atoms with Crippen LogP contribution < -0.4 is 9.75 Å². The Kier molecular flexibility index (Phi) is 7.14. The largest absolute Gasteiger partial charge is 0.496 e. The van der Waals surface area contributed by atoms with Gasteiger partial charge in [0.1, 0.15) is 17.5 Å². The van der Waals surface area contributed by atoms with E-state index in [2.05, 4.69) is 30.2 Å². The molecule has 2 N–H and O–H groups in total. The Balaban J connectivity index is 1.53. The lowest BCUT2D eigenvalue weighted by Gasteiger charge is -2.22. The summed E-state index contributed by atoms with van der Waals surface area (Å²) in [6, 6.07) is 21.5. The number of methoxy groups -OCH3 is 1. The first kappa shape index (κ1) is 24.0. The summed E-state index contributed by atoms with van der Waals surface area (Å²) in [5.74, 6) is -0.152. The van der Waals surface area contributed by atoms with Gasteiger partial charge in [0.05, 0.1) is 31.9 Å². The Morgan fingerprint density at radius 2 is 1.89 bits per heavy atom. The molecule has 0 fully saturated rings. The monoisotopic (exact) mass is 469 g/mol. The fraction of sp³-hybridized carbons (Fsp3) is 0.250. The summed E-state index contributed by atoms with van der Waals surface area (Å²) in [6.45, 7) is 2.05. The fourth-order valence-electron chi connectivity index (χ4n) is 4.39. The topological polar surface area (TPSA) is 106 Å². The molecule has 1 heterocycles. The van der Waals surface area contributed by atoms with E-state index in [1.165, 1.54) is 5.56 Å². The maximum Gasteiger partial charge on any atom is 0.305 e. The second kappa shape index (κ2) is 10.4. The Morgan fingerprint density at radius 1 is 1.14 bits per heavy atom. The summed E-state index contributed by atoms with van der Waals surface area (Å²) in [5, 5.41) is 33.9. The van der Waals surface area contributed by atoms with Crippen molar-refractivity contribution in [2.75, 3.05) is 12.1 Å². The molecular weight excluding hydrogens is 442 g/mol. The summed E-state index contributed by atoms with van der Waals surface area (Å²) < 4.78 is 5.52. The van der Waals surface area contributed by atoms with Crippen LogP contribution in [0.5, 0.6) is 5.75 Å². The van der Waals surface area contributed by atoms with Gasteiger partial charge in [-0.05, 0) is 65.4 Å². The first-order chi connectivity index (χ1) is 16.9. The minimum Gasteiger partial charge on any atom is -0.496 e. The standard InChI is InChI=1S/C28H27N3O4/c1-18-11-22(26-13-20(17-32)5-10-27(26)35-2)7-6-21(18)12-19-3-8-24(9-4-19)31-25(15-28(33)34)14-23(16-29)30-31/h3-11,13,25,32H,12,14-15,17H2,1-2H3,(H,33,34). The summed E-state index contributed by atoms with van der Waals surface area (Å²) in [4.78, 5) is 11.2. The lowest BCUT2D eigenvalue weighted by atomic mass is 9.95. The van der Waals surface area contributed by atoms with Crippen LogP contribution in [-0.2, 0) is 17.8 Å². The summed E-state index contributed by atoms with van der Waals surface area (Å²) in [5.41, 5.74) is 7.36. The highest BCUT2D eigenvalue weighted by Gasteiger charge is 2.29. The lowest BCUT2D eigenvalue weighted by molar-refractivity contribution is -0.137. The highest BCUT2D eigenvalue weighted by molar-refractivity contribution is 6.01. The average molecular weight is 470 g/mol. The molecule has 0 saturated carbocycles. The number of hydrogen-bond donors (Lipinski definition) is 2. The van der Waals surface area contributed by atoms with Crippen LogP contribution in [0.15, 0.2) is 65.8 Å². The number of ether oxygens (including phenoxy) is 1. The molecule has 7 heteroatoms. The highest BCUT2D eigenvalue weighted by Crippen LogP contribution is 2.33. The molecule has 1 atom stereocenters. The Morgan fingerprint density at radius 3 is 2.51 bits per heavy atom. The quantitative estimate of drug-likeness (QED) is 0.496. The molecule has 4 rings (SSSR count). The van der Waals surface area contributed by atoms with Crippen LogP contribution in [0.4, 0.5) is 5.69 Å². The minimum atomic E-state index is -0.911. The summed E-state index contributed by atoms with van der Waals surface area (Å²) >= 11 is 0. The predicted octanol–water partition coefficient (Wildman–Crippen LogP) is 4.69. The second-order valence-corrected chi connectivity index (χ2v) is 8.64. The first-order valence-corrected chi connectivity index (χ1v) is 11.4. The zero-order valence-corrected chi connectivity index (χ0v) is 19.7. The van der Waals surface area contributed by atoms with Gasteiger partial charge in [-0.1, -0.05) is 36.4 Å². The van der Waals surface area contributed by atoms with E-state index in [0.29, 0.717) is 12.1 Å². The second-order valence-electron chi connectivity index (χ2n) is 8.64. The molecule has 0 bridgehead atoms. The maximum absolute atomic E-state index is 11.2. The van der Waals surface area contributed by atoms with Crippen LogP contribution in [0, 0.1) is 18.3 Å². The molecule has 1 aliphatic rings. The van der Waals surface area contributed by atoms with Crippen LogP contribution in [0.2, 0.25) is 0 Å². The van der Waals surface area contributed by atoms with Gasteiger partial charge in [-0.15, -0.1) is 0 Å². The van der Waals surface area contributed by atoms with Gasteiger partial charge in [0.25, 0.3) is 0 Å². The van der Waals surface area contributed by atoms with Gasteiger partial charge in [-0.2, -0.15) is 10.4 Å². The lowest BCUT2D eigenvalue weighted by Crippen LogP contribution is -2.28. The minimum absolute atomic E-state index is 0.0261. The van der Waals surface area contributed by atoms with E-state index in [4.69, 9.17) is 4.74 Å². The van der Waals surface area contributed by atoms with Crippen molar-refractivity contribution in [3.63, 3.8) is 0 Å². The number of aryl methyl sites for hydroxylation is 1. The molecule has 7 nitrogen and oxygen atoms in total. The number of carboxylic acids is 1. The van der Waals surface area contributed by atoms with Crippen LogP contribution in [-0.4, -0.2) is 35.0 Å². The van der Waals surface area contributed by atoms with E-state index < -0.39 is 5.97 Å². The number of carbonyl (C=O) groups is 1. The molecule has 0 radical (unpaired) electrons. The third-order valence-electron chi connectivity index (χ3n) is 6.24. The summed E-state index contributed by atoms with van der Waals surface area (Å²) in [6.07, 6.45) is 1.00. The Bertz CT molecular complexity index is 1310. The molecule has 0 aliphatic carbocycles. The van der Waals surface area contributed by atoms with E-state index in [1.54, 1.807) is 12.1 Å². The molecule has 0 spiro atoms. The number of aliphatic hydroxyl groups is 1. The molecule has 35 heavy (non-hydrogen) atoms. The smallest absolute Gasteiger partial charge is 0.305 e. The number of nitrogens with zero attached hydrogens (tertiary/aromatic N) is 3. The number of aliphatic hydroxyl groups excluding tert-OH is 1. The van der Waals surface area contributed by atoms with Crippen molar-refractivity contribution in [2.45, 2.75) is 38.8 Å². The zero-order chi connectivity index (χ0) is 24.9. The van der Waals surface area contributed by atoms with Gasteiger partial charge in [-0.3, -0.25) is 9.80 Å². The van der Waals surface area contributed by atoms with Gasteiger partial charge < -0.3 is 14.9 Å². The van der Waals surface area contributed by atoms with E-state index in [1.807, 2.05) is 48.5 Å². The van der Waals surface area contributed by atoms with Crippen LogP contribution in [0.1, 0.15) is 35.1 Å². The van der Waals surface area contributed by atoms with Gasteiger partial charge in [0.15, 0.2) is 0 Å². The zero-order valence-electron chi connectivity index (χ0n) is 19.7. The number of carboxylic acid groups (broad SMARTS) is 1. The maximum atomic E-state index is 11.2. The van der Waals surface area contributed by atoms with Gasteiger partial charge in [-0.25, -0.2) is 0 Å². The molecule has 1 unspecified atom stereocenters. The van der Waals surface area contributed by atoms with Gasteiger partial charge in [0, 0.05) is 12.0 Å². The third-order valence-corrected chi connectivity index (χ3v) is 6.24. The van der Waals surface area contributed by atoms with Crippen molar-refractivity contribution >= 4 is 17.4 Å². The number of nitriles is 1. The Hall–Kier alpha value is -4.15. The average Bonchev–Trinajstić information content (AvgIpc) is 3.27. The van der Waals surface area contributed by atoms with E-state index in [9.17, 15) is 20.3 Å².